The van der Waals surface area contributed by atoms with Crippen molar-refractivity contribution in [2.75, 3.05) is 12.4 Å². The summed E-state index contributed by atoms with van der Waals surface area (Å²) in [7, 11) is 1.35. The van der Waals surface area contributed by atoms with Crippen LogP contribution in [0, 0.1) is 12.8 Å². The lowest BCUT2D eigenvalue weighted by Gasteiger charge is -2.09. The van der Waals surface area contributed by atoms with Crippen LogP contribution in [0.5, 0.6) is 0 Å². The summed E-state index contributed by atoms with van der Waals surface area (Å²) >= 11 is 1.58. The molecule has 2 N–H and O–H groups in total. The number of carbonyl (C=O) groups is 1. The number of nitrogens with one attached hydrogen (secondary N) is 2. The smallest absolute Gasteiger partial charge is 0.337 e. The highest BCUT2D eigenvalue weighted by Crippen LogP contribution is 2.29. The molecule has 1 aromatic carbocycles. The van der Waals surface area contributed by atoms with Crippen LogP contribution in [-0.2, 0) is 17.7 Å². The number of esters is 1. The number of rotatable bonds is 7. The minimum atomic E-state index is -0.371. The van der Waals surface area contributed by atoms with Crippen molar-refractivity contribution in [3.8, 4) is 0 Å². The Balaban J connectivity index is 1.79. The summed E-state index contributed by atoms with van der Waals surface area (Å²) in [4.78, 5) is 33.7. The fourth-order valence-electron chi connectivity index (χ4n) is 3.07. The number of hydrogen-bond acceptors (Lipinski definition) is 6. The number of thiophene rings is 1. The molecule has 0 aliphatic rings. The molecule has 2 heterocycles. The number of aromatic nitrogens is 2. The number of benzene rings is 1. The monoisotopic (exact) mass is 399 g/mol. The average Bonchev–Trinajstić information content (AvgIpc) is 3.01. The Morgan fingerprint density at radius 1 is 1.32 bits per heavy atom. The van der Waals surface area contributed by atoms with Gasteiger partial charge in [0.2, 0.25) is 0 Å². The number of methoxy groups -OCH3 is 1. The molecule has 0 saturated carbocycles. The first-order chi connectivity index (χ1) is 13.4. The Morgan fingerprint density at radius 2 is 2.04 bits per heavy atom. The summed E-state index contributed by atoms with van der Waals surface area (Å²) in [6.45, 7) is 6.82. The van der Waals surface area contributed by atoms with Gasteiger partial charge in [0.1, 0.15) is 10.7 Å². The Hall–Kier alpha value is -2.67. The molecular formula is C21H25N3O3S. The highest BCUT2D eigenvalue weighted by atomic mass is 32.1. The van der Waals surface area contributed by atoms with E-state index in [1.807, 2.05) is 0 Å². The average molecular weight is 400 g/mol. The van der Waals surface area contributed by atoms with Crippen LogP contribution in [0.25, 0.3) is 10.2 Å². The summed E-state index contributed by atoms with van der Waals surface area (Å²) in [6, 6.07) is 6.97. The van der Waals surface area contributed by atoms with Crippen molar-refractivity contribution in [2.45, 2.75) is 40.2 Å². The minimum absolute atomic E-state index is 0.0782. The van der Waals surface area contributed by atoms with E-state index in [-0.39, 0.29) is 11.5 Å². The summed E-state index contributed by atoms with van der Waals surface area (Å²) in [5, 5.41) is 3.95. The molecule has 0 radical (unpaired) electrons. The zero-order valence-corrected chi connectivity index (χ0v) is 17.4. The molecular weight excluding hydrogens is 374 g/mol. The van der Waals surface area contributed by atoms with Crippen molar-refractivity contribution in [2.24, 2.45) is 5.92 Å². The van der Waals surface area contributed by atoms with Crippen LogP contribution < -0.4 is 10.9 Å². The Labute approximate surface area is 168 Å². The molecule has 28 heavy (non-hydrogen) atoms. The zero-order valence-electron chi connectivity index (χ0n) is 16.6. The van der Waals surface area contributed by atoms with Crippen LogP contribution in [0.15, 0.2) is 29.1 Å². The van der Waals surface area contributed by atoms with E-state index in [4.69, 9.17) is 4.74 Å². The number of aromatic amines is 1. The molecule has 3 aromatic rings. The molecule has 148 valence electrons. The second-order valence-electron chi connectivity index (χ2n) is 6.97. The van der Waals surface area contributed by atoms with Crippen LogP contribution in [0.2, 0.25) is 0 Å². The molecule has 0 spiro atoms. The molecule has 0 unspecified atom stereocenters. The predicted octanol–water partition coefficient (Wildman–Crippen LogP) is 4.28. The lowest BCUT2D eigenvalue weighted by Crippen LogP contribution is -2.15. The molecule has 0 aliphatic heterocycles. The van der Waals surface area contributed by atoms with E-state index in [2.05, 4.69) is 36.1 Å². The highest BCUT2D eigenvalue weighted by molar-refractivity contribution is 7.18. The van der Waals surface area contributed by atoms with Gasteiger partial charge in [-0.2, -0.15) is 0 Å². The number of H-pyrrole nitrogens is 1. The Morgan fingerprint density at radius 3 is 2.68 bits per heavy atom. The SMILES string of the molecule is CC[C@@H](C)Cc1c(C)sc2nc(CNc3ccc(C(=O)OC)cc3)[nH]c(=O)c12. The number of nitrogens with zero attached hydrogens (tertiary/aromatic N) is 1. The van der Waals surface area contributed by atoms with Crippen molar-refractivity contribution >= 4 is 33.2 Å². The predicted molar refractivity (Wildman–Crippen MR) is 113 cm³/mol. The lowest BCUT2D eigenvalue weighted by molar-refractivity contribution is 0.0601. The maximum absolute atomic E-state index is 12.7. The van der Waals surface area contributed by atoms with E-state index in [9.17, 15) is 9.59 Å². The molecule has 0 saturated heterocycles. The standard InChI is InChI=1S/C21H25N3O3S/c1-5-12(2)10-16-13(3)28-20-18(16)19(25)23-17(24-20)11-22-15-8-6-14(7-9-15)21(26)27-4/h6-9,12,22H,5,10-11H2,1-4H3,(H,23,24,25)/t12-/m1/s1. The first kappa shape index (κ1) is 20.1. The molecule has 0 aliphatic carbocycles. The van der Waals surface area contributed by atoms with E-state index in [1.165, 1.54) is 7.11 Å². The van der Waals surface area contributed by atoms with Crippen molar-refractivity contribution < 1.29 is 9.53 Å². The molecule has 0 amide bonds. The van der Waals surface area contributed by atoms with Gasteiger partial charge in [-0.15, -0.1) is 11.3 Å². The fraction of sp³-hybridized carbons (Fsp3) is 0.381. The van der Waals surface area contributed by atoms with Gasteiger partial charge in [-0.05, 0) is 49.1 Å². The quantitative estimate of drug-likeness (QED) is 0.579. The third kappa shape index (κ3) is 4.25. The normalized spacial score (nSPS) is 12.1. The largest absolute Gasteiger partial charge is 0.465 e. The van der Waals surface area contributed by atoms with Gasteiger partial charge in [-0.1, -0.05) is 20.3 Å². The van der Waals surface area contributed by atoms with Crippen molar-refractivity contribution in [1.29, 1.82) is 0 Å². The van der Waals surface area contributed by atoms with Crippen LogP contribution in [0.4, 0.5) is 5.69 Å². The third-order valence-electron chi connectivity index (χ3n) is 4.93. The zero-order chi connectivity index (χ0) is 20.3. The van der Waals surface area contributed by atoms with Gasteiger partial charge in [-0.3, -0.25) is 4.79 Å². The first-order valence-corrected chi connectivity index (χ1v) is 10.2. The molecule has 0 bridgehead atoms. The molecule has 6 nitrogen and oxygen atoms in total. The minimum Gasteiger partial charge on any atom is -0.465 e. The number of anilines is 1. The van der Waals surface area contributed by atoms with E-state index in [0.29, 0.717) is 23.9 Å². The molecule has 2 aromatic heterocycles. The van der Waals surface area contributed by atoms with Gasteiger partial charge < -0.3 is 15.0 Å². The Kier molecular flexibility index (Phi) is 6.14. The summed E-state index contributed by atoms with van der Waals surface area (Å²) < 4.78 is 4.69. The number of carbonyl (C=O) groups excluding carboxylic acids is 1. The molecule has 3 rings (SSSR count). The van der Waals surface area contributed by atoms with E-state index in [1.54, 1.807) is 35.6 Å². The summed E-state index contributed by atoms with van der Waals surface area (Å²) in [6.07, 6.45) is 1.98. The summed E-state index contributed by atoms with van der Waals surface area (Å²) in [5.74, 6) is 0.750. The van der Waals surface area contributed by atoms with Crippen LogP contribution in [0.3, 0.4) is 0 Å². The molecule has 7 heteroatoms. The van der Waals surface area contributed by atoms with E-state index in [0.717, 1.165) is 39.2 Å². The van der Waals surface area contributed by atoms with Gasteiger partial charge in [0.25, 0.3) is 5.56 Å². The maximum atomic E-state index is 12.7. The number of ether oxygens (including phenoxy) is 1. The van der Waals surface area contributed by atoms with Gasteiger partial charge >= 0.3 is 5.97 Å². The number of aryl methyl sites for hydroxylation is 1. The fourth-order valence-corrected chi connectivity index (χ4v) is 4.14. The lowest BCUT2D eigenvalue weighted by atomic mass is 9.98. The van der Waals surface area contributed by atoms with Gasteiger partial charge in [0.05, 0.1) is 24.6 Å². The third-order valence-corrected chi connectivity index (χ3v) is 5.97. The highest BCUT2D eigenvalue weighted by Gasteiger charge is 2.16. The second-order valence-corrected chi connectivity index (χ2v) is 8.17. The van der Waals surface area contributed by atoms with Gasteiger partial charge in [0.15, 0.2) is 0 Å². The second kappa shape index (κ2) is 8.56. The van der Waals surface area contributed by atoms with E-state index < -0.39 is 0 Å². The number of hydrogen-bond donors (Lipinski definition) is 2. The molecule has 0 fully saturated rings. The first-order valence-electron chi connectivity index (χ1n) is 9.36. The van der Waals surface area contributed by atoms with Gasteiger partial charge in [-0.25, -0.2) is 9.78 Å². The topological polar surface area (TPSA) is 84.1 Å². The van der Waals surface area contributed by atoms with Crippen molar-refractivity contribution in [1.82, 2.24) is 9.97 Å². The summed E-state index contributed by atoms with van der Waals surface area (Å²) in [5.41, 5.74) is 2.37. The molecule has 1 atom stereocenters. The Bertz CT molecular complexity index is 1040. The van der Waals surface area contributed by atoms with Crippen molar-refractivity contribution in [3.05, 3.63) is 56.4 Å². The van der Waals surface area contributed by atoms with Crippen LogP contribution in [-0.4, -0.2) is 23.0 Å². The number of fused-ring (bicyclic) bond motifs is 1. The maximum Gasteiger partial charge on any atom is 0.337 e. The van der Waals surface area contributed by atoms with Crippen molar-refractivity contribution in [3.63, 3.8) is 0 Å². The van der Waals surface area contributed by atoms with Gasteiger partial charge in [0, 0.05) is 10.6 Å². The van der Waals surface area contributed by atoms with E-state index >= 15 is 0 Å². The van der Waals surface area contributed by atoms with Crippen LogP contribution in [0.1, 0.15) is 46.9 Å². The van der Waals surface area contributed by atoms with Crippen LogP contribution >= 0.6 is 11.3 Å².